The maximum Gasteiger partial charge on any atom is 0.307 e. The minimum atomic E-state index is -0.340. The molecular weight excluding hydrogens is 406 g/mol. The van der Waals surface area contributed by atoms with Gasteiger partial charge < -0.3 is 14.4 Å². The van der Waals surface area contributed by atoms with Gasteiger partial charge >= 0.3 is 5.97 Å². The Morgan fingerprint density at radius 1 is 1.16 bits per heavy atom. The Morgan fingerprint density at radius 3 is 2.75 bits per heavy atom. The summed E-state index contributed by atoms with van der Waals surface area (Å²) in [5, 5.41) is 4.47. The molecule has 1 unspecified atom stereocenters. The average Bonchev–Trinajstić information content (AvgIpc) is 3.54. The fourth-order valence-electron chi connectivity index (χ4n) is 3.93. The second-order valence-corrected chi connectivity index (χ2v) is 7.76. The molecule has 32 heavy (non-hydrogen) atoms. The van der Waals surface area contributed by atoms with Gasteiger partial charge in [-0.3, -0.25) is 9.59 Å². The van der Waals surface area contributed by atoms with E-state index in [-0.39, 0.29) is 30.9 Å². The number of amides is 1. The summed E-state index contributed by atoms with van der Waals surface area (Å²) in [6.45, 7) is 1.45. The Balaban J connectivity index is 1.58. The van der Waals surface area contributed by atoms with Crippen molar-refractivity contribution in [2.75, 3.05) is 26.8 Å². The van der Waals surface area contributed by atoms with E-state index < -0.39 is 0 Å². The molecule has 0 N–H and O–H groups in total. The lowest BCUT2D eigenvalue weighted by atomic mass is 10.1. The summed E-state index contributed by atoms with van der Waals surface area (Å²) >= 11 is 0. The fourth-order valence-corrected chi connectivity index (χ4v) is 3.93. The molecule has 0 bridgehead atoms. The van der Waals surface area contributed by atoms with Crippen LogP contribution >= 0.6 is 0 Å². The van der Waals surface area contributed by atoms with E-state index in [9.17, 15) is 9.59 Å². The van der Waals surface area contributed by atoms with Gasteiger partial charge in [-0.05, 0) is 37.1 Å². The number of benzene rings is 2. The first-order chi connectivity index (χ1) is 15.7. The van der Waals surface area contributed by atoms with Crippen molar-refractivity contribution in [1.82, 2.24) is 14.7 Å². The number of hydrogen-bond donors (Lipinski definition) is 0. The van der Waals surface area contributed by atoms with Gasteiger partial charge in [0.25, 0.3) is 5.91 Å². The number of carbonyl (C=O) groups excluding carboxylic acids is 2. The standard InChI is InChI=1S/C25H27N3O4/c1-31-24(29)13-15-27(18-22-11-6-16-32-22)25(30)20-9-5-10-21(17-20)28-23(12-14-26-28)19-7-3-2-4-8-19/h2-5,7-10,12,14,17,22H,6,11,13,15-16,18H2,1H3. The van der Waals surface area contributed by atoms with Gasteiger partial charge in [0.1, 0.15) is 0 Å². The first-order valence-electron chi connectivity index (χ1n) is 10.8. The number of methoxy groups -OCH3 is 1. The summed E-state index contributed by atoms with van der Waals surface area (Å²) in [5.74, 6) is -0.479. The molecule has 0 saturated carbocycles. The largest absolute Gasteiger partial charge is 0.469 e. The maximum atomic E-state index is 13.4. The van der Waals surface area contributed by atoms with Crippen LogP contribution in [-0.4, -0.2) is 59.5 Å². The van der Waals surface area contributed by atoms with Gasteiger partial charge in [-0.15, -0.1) is 0 Å². The molecule has 7 heteroatoms. The molecule has 3 aromatic rings. The molecule has 166 valence electrons. The lowest BCUT2D eigenvalue weighted by molar-refractivity contribution is -0.140. The molecule has 1 saturated heterocycles. The summed E-state index contributed by atoms with van der Waals surface area (Å²) < 4.78 is 12.3. The second kappa shape index (κ2) is 10.2. The number of carbonyl (C=O) groups is 2. The smallest absolute Gasteiger partial charge is 0.307 e. The second-order valence-electron chi connectivity index (χ2n) is 7.76. The molecule has 1 amide bonds. The maximum absolute atomic E-state index is 13.4. The quantitative estimate of drug-likeness (QED) is 0.506. The summed E-state index contributed by atoms with van der Waals surface area (Å²) in [6, 6.07) is 19.3. The highest BCUT2D eigenvalue weighted by Gasteiger charge is 2.24. The highest BCUT2D eigenvalue weighted by Crippen LogP contribution is 2.23. The molecule has 1 aromatic heterocycles. The lowest BCUT2D eigenvalue weighted by Crippen LogP contribution is -2.39. The van der Waals surface area contributed by atoms with E-state index in [2.05, 4.69) is 5.10 Å². The van der Waals surface area contributed by atoms with Gasteiger partial charge in [0, 0.05) is 30.8 Å². The van der Waals surface area contributed by atoms with Crippen LogP contribution in [0.1, 0.15) is 29.6 Å². The average molecular weight is 434 g/mol. The van der Waals surface area contributed by atoms with Gasteiger partial charge in [0.15, 0.2) is 0 Å². The normalized spacial score (nSPS) is 15.5. The van der Waals surface area contributed by atoms with E-state index in [1.807, 2.05) is 59.3 Å². The summed E-state index contributed by atoms with van der Waals surface area (Å²) in [4.78, 5) is 26.8. The Hall–Kier alpha value is -3.45. The topological polar surface area (TPSA) is 73.7 Å². The van der Waals surface area contributed by atoms with Crippen molar-refractivity contribution in [3.63, 3.8) is 0 Å². The zero-order valence-electron chi connectivity index (χ0n) is 18.1. The third-order valence-electron chi connectivity index (χ3n) is 5.60. The number of esters is 1. The van der Waals surface area contributed by atoms with E-state index in [1.54, 1.807) is 17.2 Å². The predicted molar refractivity (Wildman–Crippen MR) is 121 cm³/mol. The van der Waals surface area contributed by atoms with Crippen molar-refractivity contribution in [3.05, 3.63) is 72.4 Å². The SMILES string of the molecule is COC(=O)CCN(CC1CCCO1)C(=O)c1cccc(-n2nccc2-c2ccccc2)c1. The van der Waals surface area contributed by atoms with Crippen molar-refractivity contribution in [1.29, 1.82) is 0 Å². The van der Waals surface area contributed by atoms with E-state index in [1.165, 1.54) is 7.11 Å². The molecule has 0 radical (unpaired) electrons. The molecule has 1 fully saturated rings. The number of hydrogen-bond acceptors (Lipinski definition) is 5. The molecular formula is C25H27N3O4. The zero-order chi connectivity index (χ0) is 22.3. The predicted octanol–water partition coefficient (Wildman–Crippen LogP) is 3.72. The van der Waals surface area contributed by atoms with Gasteiger partial charge in [0.05, 0.1) is 37.2 Å². The van der Waals surface area contributed by atoms with Gasteiger partial charge in [0.2, 0.25) is 0 Å². The Labute approximate surface area is 187 Å². The molecule has 1 aliphatic rings. The van der Waals surface area contributed by atoms with Crippen molar-refractivity contribution >= 4 is 11.9 Å². The van der Waals surface area contributed by atoms with Crippen LogP contribution in [0.5, 0.6) is 0 Å². The number of aromatic nitrogens is 2. The Morgan fingerprint density at radius 2 is 2.00 bits per heavy atom. The lowest BCUT2D eigenvalue weighted by Gasteiger charge is -2.25. The van der Waals surface area contributed by atoms with Crippen LogP contribution in [0.15, 0.2) is 66.9 Å². The summed E-state index contributed by atoms with van der Waals surface area (Å²) in [5.41, 5.74) is 3.32. The Bertz CT molecular complexity index is 1060. The van der Waals surface area contributed by atoms with Crippen molar-refractivity contribution < 1.29 is 19.1 Å². The molecule has 1 aliphatic heterocycles. The van der Waals surface area contributed by atoms with Crippen LogP contribution in [0.25, 0.3) is 16.9 Å². The summed E-state index contributed by atoms with van der Waals surface area (Å²) in [6.07, 6.45) is 3.79. The van der Waals surface area contributed by atoms with Gasteiger partial charge in [-0.25, -0.2) is 4.68 Å². The monoisotopic (exact) mass is 433 g/mol. The van der Waals surface area contributed by atoms with E-state index in [0.717, 1.165) is 29.8 Å². The van der Waals surface area contributed by atoms with Crippen molar-refractivity contribution in [2.24, 2.45) is 0 Å². The van der Waals surface area contributed by atoms with Crippen LogP contribution < -0.4 is 0 Å². The first kappa shape index (κ1) is 21.8. The molecule has 0 spiro atoms. The molecule has 1 atom stereocenters. The third kappa shape index (κ3) is 5.06. The summed E-state index contributed by atoms with van der Waals surface area (Å²) in [7, 11) is 1.35. The van der Waals surface area contributed by atoms with Crippen LogP contribution in [0, 0.1) is 0 Å². The van der Waals surface area contributed by atoms with E-state index in [0.29, 0.717) is 18.7 Å². The van der Waals surface area contributed by atoms with Crippen LogP contribution in [0.3, 0.4) is 0 Å². The molecule has 7 nitrogen and oxygen atoms in total. The highest BCUT2D eigenvalue weighted by atomic mass is 16.5. The van der Waals surface area contributed by atoms with Crippen LogP contribution in [0.4, 0.5) is 0 Å². The van der Waals surface area contributed by atoms with Gasteiger partial charge in [-0.1, -0.05) is 36.4 Å². The fraction of sp³-hybridized carbons (Fsp3) is 0.320. The Kier molecular flexibility index (Phi) is 6.97. The van der Waals surface area contributed by atoms with Crippen LogP contribution in [-0.2, 0) is 14.3 Å². The molecule has 4 rings (SSSR count). The van der Waals surface area contributed by atoms with E-state index >= 15 is 0 Å². The number of nitrogens with zero attached hydrogens (tertiary/aromatic N) is 3. The molecule has 2 aromatic carbocycles. The minimum absolute atomic E-state index is 0.00409. The third-order valence-corrected chi connectivity index (χ3v) is 5.60. The number of ether oxygens (including phenoxy) is 2. The van der Waals surface area contributed by atoms with Crippen LogP contribution in [0.2, 0.25) is 0 Å². The van der Waals surface area contributed by atoms with Crippen molar-refractivity contribution in [3.8, 4) is 16.9 Å². The zero-order valence-corrected chi connectivity index (χ0v) is 18.1. The first-order valence-corrected chi connectivity index (χ1v) is 10.8. The van der Waals surface area contributed by atoms with E-state index in [4.69, 9.17) is 9.47 Å². The molecule has 0 aliphatic carbocycles. The minimum Gasteiger partial charge on any atom is -0.469 e. The highest BCUT2D eigenvalue weighted by molar-refractivity contribution is 5.95. The molecule has 2 heterocycles. The van der Waals surface area contributed by atoms with Crippen molar-refractivity contribution in [2.45, 2.75) is 25.4 Å². The number of rotatable bonds is 8. The van der Waals surface area contributed by atoms with Gasteiger partial charge in [-0.2, -0.15) is 5.10 Å².